The SMILES string of the molecule is COC(=O)C(N)C1(c2cc(C)ccc2F)CC1. The van der Waals surface area contributed by atoms with Gasteiger partial charge in [-0.25, -0.2) is 4.39 Å². The second-order valence-electron chi connectivity index (χ2n) is 4.64. The summed E-state index contributed by atoms with van der Waals surface area (Å²) in [6, 6.07) is 4.11. The first kappa shape index (κ1) is 12.0. The summed E-state index contributed by atoms with van der Waals surface area (Å²) in [7, 11) is 1.30. The number of carbonyl (C=O) groups is 1. The first-order valence-corrected chi connectivity index (χ1v) is 5.61. The largest absolute Gasteiger partial charge is 0.468 e. The van der Waals surface area contributed by atoms with E-state index in [1.54, 1.807) is 12.1 Å². The maximum Gasteiger partial charge on any atom is 0.323 e. The number of aryl methyl sites for hydroxylation is 1. The average Bonchev–Trinajstić information content (AvgIpc) is 3.11. The van der Waals surface area contributed by atoms with Crippen molar-refractivity contribution in [1.29, 1.82) is 0 Å². The van der Waals surface area contributed by atoms with Gasteiger partial charge in [0.1, 0.15) is 11.9 Å². The van der Waals surface area contributed by atoms with Crippen molar-refractivity contribution < 1.29 is 13.9 Å². The van der Waals surface area contributed by atoms with Crippen LogP contribution in [0.3, 0.4) is 0 Å². The summed E-state index contributed by atoms with van der Waals surface area (Å²) in [6.45, 7) is 1.89. The first-order valence-electron chi connectivity index (χ1n) is 5.61. The zero-order valence-corrected chi connectivity index (χ0v) is 10.00. The van der Waals surface area contributed by atoms with Gasteiger partial charge in [0.25, 0.3) is 0 Å². The molecule has 4 heteroatoms. The van der Waals surface area contributed by atoms with Gasteiger partial charge in [0.2, 0.25) is 0 Å². The molecule has 0 aromatic heterocycles. The van der Waals surface area contributed by atoms with Crippen LogP contribution >= 0.6 is 0 Å². The third kappa shape index (κ3) is 1.93. The van der Waals surface area contributed by atoms with Gasteiger partial charge in [0.05, 0.1) is 7.11 Å². The number of hydrogen-bond donors (Lipinski definition) is 1. The summed E-state index contributed by atoms with van der Waals surface area (Å²) in [5.74, 6) is -0.782. The van der Waals surface area contributed by atoms with Gasteiger partial charge in [-0.1, -0.05) is 17.7 Å². The third-order valence-corrected chi connectivity index (χ3v) is 3.50. The molecule has 0 saturated heterocycles. The Labute approximate surface area is 99.8 Å². The van der Waals surface area contributed by atoms with E-state index in [-0.39, 0.29) is 5.82 Å². The van der Waals surface area contributed by atoms with Crippen molar-refractivity contribution in [2.45, 2.75) is 31.2 Å². The van der Waals surface area contributed by atoms with Crippen molar-refractivity contribution >= 4 is 5.97 Å². The summed E-state index contributed by atoms with van der Waals surface area (Å²) >= 11 is 0. The molecule has 2 rings (SSSR count). The Morgan fingerprint density at radius 1 is 1.53 bits per heavy atom. The van der Waals surface area contributed by atoms with Crippen LogP contribution in [0.2, 0.25) is 0 Å². The molecule has 1 saturated carbocycles. The monoisotopic (exact) mass is 237 g/mol. The Morgan fingerprint density at radius 3 is 2.71 bits per heavy atom. The van der Waals surface area contributed by atoms with Gasteiger partial charge in [0, 0.05) is 5.41 Å². The van der Waals surface area contributed by atoms with Crippen molar-refractivity contribution in [3.05, 3.63) is 35.1 Å². The number of ether oxygens (including phenoxy) is 1. The van der Waals surface area contributed by atoms with Gasteiger partial charge in [-0.05, 0) is 31.4 Å². The Bertz CT molecular complexity index is 455. The molecule has 1 aliphatic rings. The minimum atomic E-state index is -0.788. The van der Waals surface area contributed by atoms with Crippen LogP contribution in [-0.2, 0) is 14.9 Å². The topological polar surface area (TPSA) is 52.3 Å². The van der Waals surface area contributed by atoms with E-state index in [1.807, 2.05) is 6.92 Å². The van der Waals surface area contributed by atoms with Crippen molar-refractivity contribution in [1.82, 2.24) is 0 Å². The standard InChI is InChI=1S/C13H16FNO2/c1-8-3-4-10(14)9(7-8)13(5-6-13)11(15)12(16)17-2/h3-4,7,11H,5-6,15H2,1-2H3. The molecule has 17 heavy (non-hydrogen) atoms. The fourth-order valence-corrected chi connectivity index (χ4v) is 2.26. The van der Waals surface area contributed by atoms with Crippen LogP contribution in [0.15, 0.2) is 18.2 Å². The van der Waals surface area contributed by atoms with Crippen LogP contribution in [0.5, 0.6) is 0 Å². The Morgan fingerprint density at radius 2 is 2.18 bits per heavy atom. The van der Waals surface area contributed by atoms with Crippen LogP contribution in [-0.4, -0.2) is 19.1 Å². The summed E-state index contributed by atoms with van der Waals surface area (Å²) in [5.41, 5.74) is 6.81. The highest BCUT2D eigenvalue weighted by Crippen LogP contribution is 2.51. The smallest absolute Gasteiger partial charge is 0.323 e. The molecule has 0 spiro atoms. The van der Waals surface area contributed by atoms with Crippen LogP contribution in [0, 0.1) is 12.7 Å². The summed E-state index contributed by atoms with van der Waals surface area (Å²) in [5, 5.41) is 0. The molecule has 0 heterocycles. The molecular formula is C13H16FNO2. The van der Waals surface area contributed by atoms with Gasteiger partial charge in [-0.3, -0.25) is 4.79 Å². The number of rotatable bonds is 3. The molecule has 1 fully saturated rings. The third-order valence-electron chi connectivity index (χ3n) is 3.50. The number of benzene rings is 1. The molecule has 1 aromatic carbocycles. The van der Waals surface area contributed by atoms with Gasteiger partial charge in [-0.2, -0.15) is 0 Å². The number of methoxy groups -OCH3 is 1. The summed E-state index contributed by atoms with van der Waals surface area (Å²) < 4.78 is 18.5. The quantitative estimate of drug-likeness (QED) is 0.813. The van der Waals surface area contributed by atoms with E-state index in [1.165, 1.54) is 13.2 Å². The lowest BCUT2D eigenvalue weighted by Crippen LogP contribution is -2.43. The highest BCUT2D eigenvalue weighted by Gasteiger charge is 2.54. The molecule has 1 aliphatic carbocycles. The molecule has 0 amide bonds. The van der Waals surface area contributed by atoms with E-state index in [4.69, 9.17) is 5.73 Å². The molecule has 1 unspecified atom stereocenters. The van der Waals surface area contributed by atoms with E-state index in [2.05, 4.69) is 4.74 Å². The molecule has 0 aliphatic heterocycles. The maximum absolute atomic E-state index is 13.8. The minimum absolute atomic E-state index is 0.299. The Kier molecular flexibility index (Phi) is 2.91. The van der Waals surface area contributed by atoms with E-state index < -0.39 is 17.4 Å². The summed E-state index contributed by atoms with van der Waals surface area (Å²) in [6.07, 6.45) is 1.45. The molecule has 1 aromatic rings. The van der Waals surface area contributed by atoms with Crippen molar-refractivity contribution in [3.8, 4) is 0 Å². The second kappa shape index (κ2) is 4.11. The average molecular weight is 237 g/mol. The van der Waals surface area contributed by atoms with Crippen LogP contribution in [0.25, 0.3) is 0 Å². The molecule has 0 radical (unpaired) electrons. The van der Waals surface area contributed by atoms with Crippen LogP contribution in [0.1, 0.15) is 24.0 Å². The van der Waals surface area contributed by atoms with E-state index in [0.29, 0.717) is 5.56 Å². The van der Waals surface area contributed by atoms with Crippen molar-refractivity contribution in [3.63, 3.8) is 0 Å². The fourth-order valence-electron chi connectivity index (χ4n) is 2.26. The minimum Gasteiger partial charge on any atom is -0.468 e. The van der Waals surface area contributed by atoms with Crippen LogP contribution < -0.4 is 5.73 Å². The summed E-state index contributed by atoms with van der Waals surface area (Å²) in [4.78, 5) is 11.5. The number of halogens is 1. The first-order chi connectivity index (χ1) is 8.01. The zero-order chi connectivity index (χ0) is 12.6. The molecule has 92 valence electrons. The molecule has 1 atom stereocenters. The van der Waals surface area contributed by atoms with Crippen LogP contribution in [0.4, 0.5) is 4.39 Å². The number of hydrogen-bond acceptors (Lipinski definition) is 3. The van der Waals surface area contributed by atoms with Crippen molar-refractivity contribution in [2.75, 3.05) is 7.11 Å². The molecule has 0 bridgehead atoms. The zero-order valence-electron chi connectivity index (χ0n) is 10.00. The number of nitrogens with two attached hydrogens (primary N) is 1. The van der Waals surface area contributed by atoms with E-state index >= 15 is 0 Å². The predicted octanol–water partition coefficient (Wildman–Crippen LogP) is 1.67. The van der Waals surface area contributed by atoms with Crippen molar-refractivity contribution in [2.24, 2.45) is 5.73 Å². The maximum atomic E-state index is 13.8. The second-order valence-corrected chi connectivity index (χ2v) is 4.64. The molecule has 3 nitrogen and oxygen atoms in total. The van der Waals surface area contributed by atoms with Gasteiger partial charge in [0.15, 0.2) is 0 Å². The predicted molar refractivity (Wildman–Crippen MR) is 62.0 cm³/mol. The Hall–Kier alpha value is -1.42. The highest BCUT2D eigenvalue weighted by molar-refractivity contribution is 5.79. The number of carbonyl (C=O) groups excluding carboxylic acids is 1. The Balaban J connectivity index is 2.38. The lowest BCUT2D eigenvalue weighted by atomic mass is 9.87. The van der Waals surface area contributed by atoms with Gasteiger partial charge < -0.3 is 10.5 Å². The van der Waals surface area contributed by atoms with Gasteiger partial charge in [-0.15, -0.1) is 0 Å². The fraction of sp³-hybridized carbons (Fsp3) is 0.462. The van der Waals surface area contributed by atoms with Gasteiger partial charge >= 0.3 is 5.97 Å². The highest BCUT2D eigenvalue weighted by atomic mass is 19.1. The normalized spacial score (nSPS) is 18.6. The lowest BCUT2D eigenvalue weighted by molar-refractivity contribution is -0.143. The van der Waals surface area contributed by atoms with E-state index in [0.717, 1.165) is 18.4 Å². The molecule has 2 N–H and O–H groups in total. The van der Waals surface area contributed by atoms with E-state index in [9.17, 15) is 9.18 Å². The molecular weight excluding hydrogens is 221 g/mol. The number of esters is 1. The lowest BCUT2D eigenvalue weighted by Gasteiger charge is -2.22.